The second-order valence-electron chi connectivity index (χ2n) is 7.12. The summed E-state index contributed by atoms with van der Waals surface area (Å²) in [6.07, 6.45) is 8.12. The van der Waals surface area contributed by atoms with Gasteiger partial charge in [0.05, 0.1) is 0 Å². The molecule has 24 heavy (non-hydrogen) atoms. The first-order valence-electron chi connectivity index (χ1n) is 8.96. The SMILES string of the molecule is CC1C=C2OCC(CN3CCCC3)=C(c3ccc(F)cc3)C2=CC1. The molecule has 0 spiro atoms. The summed E-state index contributed by atoms with van der Waals surface area (Å²) in [5.74, 6) is 1.33. The monoisotopic (exact) mass is 325 g/mol. The molecule has 1 aliphatic carbocycles. The quantitative estimate of drug-likeness (QED) is 0.808. The largest absolute Gasteiger partial charge is 0.489 e. The predicted octanol–water partition coefficient (Wildman–Crippen LogP) is 4.56. The summed E-state index contributed by atoms with van der Waals surface area (Å²) in [4.78, 5) is 2.50. The molecule has 1 aromatic carbocycles. The summed E-state index contributed by atoms with van der Waals surface area (Å²) in [7, 11) is 0. The first-order chi connectivity index (χ1) is 11.7. The average Bonchev–Trinajstić information content (AvgIpc) is 3.09. The van der Waals surface area contributed by atoms with Crippen LogP contribution in [0.1, 0.15) is 31.7 Å². The lowest BCUT2D eigenvalue weighted by atomic mass is 9.85. The number of likely N-dealkylation sites (tertiary alicyclic amines) is 1. The third-order valence-corrected chi connectivity index (χ3v) is 5.17. The summed E-state index contributed by atoms with van der Waals surface area (Å²) in [6.45, 7) is 6.13. The van der Waals surface area contributed by atoms with Crippen molar-refractivity contribution in [3.05, 3.63) is 64.7 Å². The molecule has 4 rings (SSSR count). The molecule has 0 aromatic heterocycles. The molecule has 1 unspecified atom stereocenters. The predicted molar refractivity (Wildman–Crippen MR) is 94.9 cm³/mol. The zero-order valence-electron chi connectivity index (χ0n) is 14.2. The van der Waals surface area contributed by atoms with Gasteiger partial charge in [-0.3, -0.25) is 4.90 Å². The Kier molecular flexibility index (Phi) is 4.28. The Balaban J connectivity index is 1.76. The van der Waals surface area contributed by atoms with Gasteiger partial charge in [-0.2, -0.15) is 0 Å². The number of halogens is 1. The smallest absolute Gasteiger partial charge is 0.123 e. The van der Waals surface area contributed by atoms with Crippen LogP contribution in [0.25, 0.3) is 5.57 Å². The Morgan fingerprint density at radius 3 is 2.67 bits per heavy atom. The third-order valence-electron chi connectivity index (χ3n) is 5.17. The van der Waals surface area contributed by atoms with Gasteiger partial charge in [0.25, 0.3) is 0 Å². The van der Waals surface area contributed by atoms with E-state index in [1.165, 1.54) is 42.7 Å². The van der Waals surface area contributed by atoms with Crippen LogP contribution in [0.15, 0.2) is 53.3 Å². The van der Waals surface area contributed by atoms with Crippen LogP contribution in [0.2, 0.25) is 0 Å². The van der Waals surface area contributed by atoms with Crippen molar-refractivity contribution in [3.8, 4) is 0 Å². The van der Waals surface area contributed by atoms with Crippen LogP contribution in [0.4, 0.5) is 4.39 Å². The maximum Gasteiger partial charge on any atom is 0.123 e. The van der Waals surface area contributed by atoms with E-state index < -0.39 is 0 Å². The molecular weight excluding hydrogens is 301 g/mol. The van der Waals surface area contributed by atoms with Crippen LogP contribution >= 0.6 is 0 Å². The minimum atomic E-state index is -0.186. The fourth-order valence-electron chi connectivity index (χ4n) is 3.91. The van der Waals surface area contributed by atoms with Gasteiger partial charge in [-0.05, 0) is 73.2 Å². The molecule has 0 saturated carbocycles. The topological polar surface area (TPSA) is 12.5 Å². The molecule has 0 radical (unpaired) electrons. The van der Waals surface area contributed by atoms with Crippen molar-refractivity contribution in [2.24, 2.45) is 5.92 Å². The molecule has 1 atom stereocenters. The van der Waals surface area contributed by atoms with Crippen molar-refractivity contribution < 1.29 is 9.13 Å². The molecule has 2 nitrogen and oxygen atoms in total. The summed E-state index contributed by atoms with van der Waals surface area (Å²) >= 11 is 0. The number of hydrogen-bond acceptors (Lipinski definition) is 2. The van der Waals surface area contributed by atoms with Crippen molar-refractivity contribution in [3.63, 3.8) is 0 Å². The van der Waals surface area contributed by atoms with Gasteiger partial charge in [0.2, 0.25) is 0 Å². The Bertz CT molecular complexity index is 708. The molecule has 126 valence electrons. The van der Waals surface area contributed by atoms with Gasteiger partial charge >= 0.3 is 0 Å². The van der Waals surface area contributed by atoms with Crippen molar-refractivity contribution >= 4 is 5.57 Å². The summed E-state index contributed by atoms with van der Waals surface area (Å²) in [6, 6.07) is 6.91. The van der Waals surface area contributed by atoms with E-state index in [2.05, 4.69) is 24.0 Å². The van der Waals surface area contributed by atoms with E-state index >= 15 is 0 Å². The van der Waals surface area contributed by atoms with Crippen LogP contribution in [-0.2, 0) is 4.74 Å². The molecule has 3 aliphatic rings. The highest BCUT2D eigenvalue weighted by molar-refractivity contribution is 5.86. The molecular formula is C21H24FNO. The van der Waals surface area contributed by atoms with Crippen molar-refractivity contribution in [1.82, 2.24) is 4.90 Å². The number of rotatable bonds is 3. The first-order valence-corrected chi connectivity index (χ1v) is 8.96. The lowest BCUT2D eigenvalue weighted by Gasteiger charge is -2.31. The highest BCUT2D eigenvalue weighted by Gasteiger charge is 2.28. The standard InChI is InChI=1S/C21H24FNO/c1-15-4-9-19-20(12-15)24-14-17(13-23-10-2-3-11-23)21(19)16-5-7-18(22)8-6-16/h5-9,12,15H,2-4,10-11,13-14H2,1H3. The minimum absolute atomic E-state index is 0.186. The van der Waals surface area contributed by atoms with E-state index in [1.807, 2.05) is 12.1 Å². The molecule has 1 saturated heterocycles. The lowest BCUT2D eigenvalue weighted by Crippen LogP contribution is -2.27. The summed E-state index contributed by atoms with van der Waals surface area (Å²) in [5.41, 5.74) is 4.87. The second-order valence-corrected chi connectivity index (χ2v) is 7.12. The number of fused-ring (bicyclic) bond motifs is 1. The molecule has 0 amide bonds. The van der Waals surface area contributed by atoms with Crippen molar-refractivity contribution in [2.45, 2.75) is 26.2 Å². The van der Waals surface area contributed by atoms with Gasteiger partial charge in [0.15, 0.2) is 0 Å². The van der Waals surface area contributed by atoms with E-state index in [4.69, 9.17) is 4.74 Å². The van der Waals surface area contributed by atoms with Crippen LogP contribution in [0, 0.1) is 11.7 Å². The van der Waals surface area contributed by atoms with E-state index in [1.54, 1.807) is 12.1 Å². The van der Waals surface area contributed by atoms with Gasteiger partial charge in [0.1, 0.15) is 18.2 Å². The summed E-state index contributed by atoms with van der Waals surface area (Å²) < 4.78 is 19.5. The Morgan fingerprint density at radius 1 is 1.17 bits per heavy atom. The van der Waals surface area contributed by atoms with E-state index in [0.29, 0.717) is 12.5 Å². The van der Waals surface area contributed by atoms with Gasteiger partial charge in [-0.15, -0.1) is 0 Å². The highest BCUT2D eigenvalue weighted by atomic mass is 19.1. The zero-order valence-corrected chi connectivity index (χ0v) is 14.2. The van der Waals surface area contributed by atoms with Gasteiger partial charge in [-0.25, -0.2) is 4.39 Å². The second kappa shape index (κ2) is 6.56. The van der Waals surface area contributed by atoms with Crippen LogP contribution < -0.4 is 0 Å². The molecule has 2 heterocycles. The Labute approximate surface area is 143 Å². The number of hydrogen-bond donors (Lipinski definition) is 0. The number of ether oxygens (including phenoxy) is 1. The molecule has 3 heteroatoms. The van der Waals surface area contributed by atoms with Crippen LogP contribution in [0.3, 0.4) is 0 Å². The Morgan fingerprint density at radius 2 is 1.92 bits per heavy atom. The molecule has 0 bridgehead atoms. The van der Waals surface area contributed by atoms with Crippen LogP contribution in [0.5, 0.6) is 0 Å². The molecule has 1 fully saturated rings. The van der Waals surface area contributed by atoms with Gasteiger partial charge in [0, 0.05) is 12.1 Å². The van der Waals surface area contributed by atoms with E-state index in [0.717, 1.165) is 24.3 Å². The van der Waals surface area contributed by atoms with Crippen molar-refractivity contribution in [2.75, 3.05) is 26.2 Å². The maximum absolute atomic E-state index is 13.4. The zero-order chi connectivity index (χ0) is 16.5. The van der Waals surface area contributed by atoms with Gasteiger partial charge < -0.3 is 4.74 Å². The maximum atomic E-state index is 13.4. The fourth-order valence-corrected chi connectivity index (χ4v) is 3.91. The summed E-state index contributed by atoms with van der Waals surface area (Å²) in [5, 5.41) is 0. The Hall–Kier alpha value is -1.87. The van der Waals surface area contributed by atoms with Crippen LogP contribution in [-0.4, -0.2) is 31.1 Å². The molecule has 1 aromatic rings. The van der Waals surface area contributed by atoms with E-state index in [9.17, 15) is 4.39 Å². The normalized spacial score (nSPS) is 24.3. The first kappa shape index (κ1) is 15.6. The molecule has 0 N–H and O–H groups in total. The van der Waals surface area contributed by atoms with Gasteiger partial charge in [-0.1, -0.05) is 25.1 Å². The average molecular weight is 325 g/mol. The number of allylic oxidation sites excluding steroid dienone is 3. The highest BCUT2D eigenvalue weighted by Crippen LogP contribution is 2.40. The van der Waals surface area contributed by atoms with Crippen molar-refractivity contribution in [1.29, 1.82) is 0 Å². The number of nitrogens with zero attached hydrogens (tertiary/aromatic N) is 1. The fraction of sp³-hybridized carbons (Fsp3) is 0.429. The third kappa shape index (κ3) is 3.05. The lowest BCUT2D eigenvalue weighted by molar-refractivity contribution is 0.226. The minimum Gasteiger partial charge on any atom is -0.489 e. The number of benzene rings is 1. The van der Waals surface area contributed by atoms with E-state index in [-0.39, 0.29) is 5.82 Å². The molecule has 2 aliphatic heterocycles.